The number of urea groups is 1. The zero-order chi connectivity index (χ0) is 13.0. The summed E-state index contributed by atoms with van der Waals surface area (Å²) in [5.74, 6) is 0. The molecule has 6 heteroatoms. The highest BCUT2D eigenvalue weighted by molar-refractivity contribution is 9.10. The molecule has 1 heterocycles. The Morgan fingerprint density at radius 3 is 2.89 bits per heavy atom. The van der Waals surface area contributed by atoms with Gasteiger partial charge in [-0.15, -0.1) is 11.3 Å². The summed E-state index contributed by atoms with van der Waals surface area (Å²) < 4.78 is 1.03. The summed E-state index contributed by atoms with van der Waals surface area (Å²) in [7, 11) is 0. The molecule has 3 nitrogen and oxygen atoms in total. The third-order valence-corrected chi connectivity index (χ3v) is 4.06. The van der Waals surface area contributed by atoms with Crippen LogP contribution in [-0.2, 0) is 6.54 Å². The lowest BCUT2D eigenvalue weighted by molar-refractivity contribution is 0.252. The summed E-state index contributed by atoms with van der Waals surface area (Å²) in [5.41, 5.74) is 0.673. The summed E-state index contributed by atoms with van der Waals surface area (Å²) in [6.45, 7) is 0.503. The van der Waals surface area contributed by atoms with Crippen molar-refractivity contribution in [2.45, 2.75) is 6.54 Å². The Kier molecular flexibility index (Phi) is 4.63. The van der Waals surface area contributed by atoms with Crippen molar-refractivity contribution in [2.24, 2.45) is 0 Å². The normalized spacial score (nSPS) is 10.1. The molecule has 94 valence electrons. The van der Waals surface area contributed by atoms with Gasteiger partial charge in [-0.3, -0.25) is 0 Å². The third kappa shape index (κ3) is 4.01. The Bertz CT molecular complexity index is 559. The van der Waals surface area contributed by atoms with Gasteiger partial charge in [0.15, 0.2) is 0 Å². The standard InChI is InChI=1S/C12H10BrClN2OS/c13-8-4-11(18-7-8)6-15-12(17)16-10-3-1-2-9(14)5-10/h1-5,7H,6H2,(H2,15,16,17). The van der Waals surface area contributed by atoms with E-state index in [0.717, 1.165) is 9.35 Å². The molecule has 2 N–H and O–H groups in total. The molecule has 2 rings (SSSR count). The number of hydrogen-bond donors (Lipinski definition) is 2. The van der Waals surface area contributed by atoms with E-state index in [-0.39, 0.29) is 6.03 Å². The molecule has 1 aromatic carbocycles. The fraction of sp³-hybridized carbons (Fsp3) is 0.0833. The first kappa shape index (κ1) is 13.4. The molecule has 0 saturated carbocycles. The molecule has 0 aliphatic carbocycles. The number of rotatable bonds is 3. The van der Waals surface area contributed by atoms with Crippen LogP contribution in [0.25, 0.3) is 0 Å². The van der Waals surface area contributed by atoms with Crippen LogP contribution >= 0.6 is 38.9 Å². The zero-order valence-electron chi connectivity index (χ0n) is 9.24. The van der Waals surface area contributed by atoms with Crippen LogP contribution in [0.3, 0.4) is 0 Å². The summed E-state index contributed by atoms with van der Waals surface area (Å²) in [5, 5.41) is 8.07. The van der Waals surface area contributed by atoms with Crippen molar-refractivity contribution in [2.75, 3.05) is 5.32 Å². The molecule has 0 bridgehead atoms. The minimum atomic E-state index is -0.248. The van der Waals surface area contributed by atoms with E-state index in [1.54, 1.807) is 35.6 Å². The van der Waals surface area contributed by atoms with Crippen molar-refractivity contribution >= 4 is 50.6 Å². The smallest absolute Gasteiger partial charge is 0.319 e. The molecule has 0 aliphatic heterocycles. The average molecular weight is 346 g/mol. The van der Waals surface area contributed by atoms with E-state index < -0.39 is 0 Å². The lowest BCUT2D eigenvalue weighted by Gasteiger charge is -2.06. The van der Waals surface area contributed by atoms with Gasteiger partial charge < -0.3 is 10.6 Å². The molecule has 2 aromatic rings. The highest BCUT2D eigenvalue weighted by atomic mass is 79.9. The van der Waals surface area contributed by atoms with E-state index in [1.165, 1.54) is 0 Å². The van der Waals surface area contributed by atoms with Crippen molar-refractivity contribution in [3.8, 4) is 0 Å². The van der Waals surface area contributed by atoms with Crippen LogP contribution < -0.4 is 10.6 Å². The minimum Gasteiger partial charge on any atom is -0.333 e. The van der Waals surface area contributed by atoms with Crippen LogP contribution in [0.2, 0.25) is 5.02 Å². The molecular weight excluding hydrogens is 336 g/mol. The van der Waals surface area contributed by atoms with Gasteiger partial charge in [-0.2, -0.15) is 0 Å². The minimum absolute atomic E-state index is 0.248. The Hall–Kier alpha value is -1.04. The van der Waals surface area contributed by atoms with Crippen molar-refractivity contribution in [3.05, 3.63) is 50.1 Å². The highest BCUT2D eigenvalue weighted by Gasteiger charge is 2.03. The van der Waals surface area contributed by atoms with Gasteiger partial charge in [0.25, 0.3) is 0 Å². The fourth-order valence-electron chi connectivity index (χ4n) is 1.36. The van der Waals surface area contributed by atoms with Gasteiger partial charge in [0.2, 0.25) is 0 Å². The van der Waals surface area contributed by atoms with E-state index >= 15 is 0 Å². The second-order valence-electron chi connectivity index (χ2n) is 3.55. The number of amides is 2. The molecular formula is C12H10BrClN2OS. The molecule has 2 amide bonds. The summed E-state index contributed by atoms with van der Waals surface area (Å²) >= 11 is 10.8. The summed E-state index contributed by atoms with van der Waals surface area (Å²) in [4.78, 5) is 12.7. The maximum atomic E-state index is 11.6. The molecule has 0 spiro atoms. The highest BCUT2D eigenvalue weighted by Crippen LogP contribution is 2.19. The molecule has 0 unspecified atom stereocenters. The van der Waals surface area contributed by atoms with Crippen LogP contribution in [0, 0.1) is 0 Å². The van der Waals surface area contributed by atoms with E-state index in [1.807, 2.05) is 11.4 Å². The van der Waals surface area contributed by atoms with E-state index in [0.29, 0.717) is 17.3 Å². The van der Waals surface area contributed by atoms with Crippen LogP contribution in [-0.4, -0.2) is 6.03 Å². The second-order valence-corrected chi connectivity index (χ2v) is 5.90. The van der Waals surface area contributed by atoms with Crippen molar-refractivity contribution < 1.29 is 4.79 Å². The van der Waals surface area contributed by atoms with Gasteiger partial charge in [-0.1, -0.05) is 17.7 Å². The first-order valence-electron chi connectivity index (χ1n) is 5.17. The lowest BCUT2D eigenvalue weighted by Crippen LogP contribution is -2.27. The molecule has 0 atom stereocenters. The van der Waals surface area contributed by atoms with Gasteiger partial charge in [0.05, 0.1) is 6.54 Å². The van der Waals surface area contributed by atoms with E-state index in [2.05, 4.69) is 26.6 Å². The van der Waals surface area contributed by atoms with Crippen molar-refractivity contribution in [1.82, 2.24) is 5.32 Å². The van der Waals surface area contributed by atoms with E-state index in [4.69, 9.17) is 11.6 Å². The number of anilines is 1. The molecule has 0 fully saturated rings. The Morgan fingerprint density at radius 2 is 2.22 bits per heavy atom. The van der Waals surface area contributed by atoms with Crippen LogP contribution in [0.5, 0.6) is 0 Å². The Balaban J connectivity index is 1.85. The Morgan fingerprint density at radius 1 is 1.39 bits per heavy atom. The van der Waals surface area contributed by atoms with Gasteiger partial charge in [0.1, 0.15) is 0 Å². The van der Waals surface area contributed by atoms with Gasteiger partial charge in [-0.05, 0) is 40.2 Å². The molecule has 18 heavy (non-hydrogen) atoms. The van der Waals surface area contributed by atoms with Crippen LogP contribution in [0.15, 0.2) is 40.2 Å². The number of carbonyl (C=O) groups is 1. The van der Waals surface area contributed by atoms with Crippen LogP contribution in [0.1, 0.15) is 4.88 Å². The van der Waals surface area contributed by atoms with Gasteiger partial charge in [-0.25, -0.2) is 4.79 Å². The SMILES string of the molecule is O=C(NCc1cc(Br)cs1)Nc1cccc(Cl)c1. The second kappa shape index (κ2) is 6.22. The topological polar surface area (TPSA) is 41.1 Å². The maximum Gasteiger partial charge on any atom is 0.319 e. The van der Waals surface area contributed by atoms with Gasteiger partial charge >= 0.3 is 6.03 Å². The predicted molar refractivity (Wildman–Crippen MR) is 79.3 cm³/mol. The summed E-state index contributed by atoms with van der Waals surface area (Å²) in [6.07, 6.45) is 0. The molecule has 0 aliphatic rings. The number of carbonyl (C=O) groups excluding carboxylic acids is 1. The fourth-order valence-corrected chi connectivity index (χ4v) is 2.94. The zero-order valence-corrected chi connectivity index (χ0v) is 12.4. The van der Waals surface area contributed by atoms with Crippen LogP contribution in [0.4, 0.5) is 10.5 Å². The van der Waals surface area contributed by atoms with Crippen molar-refractivity contribution in [3.63, 3.8) is 0 Å². The van der Waals surface area contributed by atoms with Gasteiger partial charge in [0, 0.05) is 25.4 Å². The monoisotopic (exact) mass is 344 g/mol. The number of thiophene rings is 1. The predicted octanol–water partition coefficient (Wildman–Crippen LogP) is 4.49. The number of hydrogen-bond acceptors (Lipinski definition) is 2. The average Bonchev–Trinajstić information content (AvgIpc) is 2.73. The first-order valence-corrected chi connectivity index (χ1v) is 7.22. The maximum absolute atomic E-state index is 11.6. The first-order chi connectivity index (χ1) is 8.63. The quantitative estimate of drug-likeness (QED) is 0.845. The van der Waals surface area contributed by atoms with Crippen molar-refractivity contribution in [1.29, 1.82) is 0 Å². The lowest BCUT2D eigenvalue weighted by atomic mass is 10.3. The largest absolute Gasteiger partial charge is 0.333 e. The molecule has 0 radical (unpaired) electrons. The van der Waals surface area contributed by atoms with E-state index in [9.17, 15) is 4.79 Å². The molecule has 1 aromatic heterocycles. The number of nitrogens with one attached hydrogen (secondary N) is 2. The third-order valence-electron chi connectivity index (χ3n) is 2.13. The molecule has 0 saturated heterocycles. The Labute approximate surface area is 122 Å². The summed E-state index contributed by atoms with van der Waals surface area (Å²) in [6, 6.07) is 8.75. The number of benzene rings is 1. The number of halogens is 2.